The molecule has 150 valence electrons. The zero-order valence-electron chi connectivity index (χ0n) is 16.7. The van der Waals surface area contributed by atoms with Crippen LogP contribution in [0, 0.1) is 5.92 Å². The van der Waals surface area contributed by atoms with Crippen molar-refractivity contribution in [1.29, 1.82) is 0 Å². The fourth-order valence-electron chi connectivity index (χ4n) is 4.81. The summed E-state index contributed by atoms with van der Waals surface area (Å²) in [6.45, 7) is 2.59. The first kappa shape index (κ1) is 18.1. The first-order valence-electron chi connectivity index (χ1n) is 9.96. The Kier molecular flexibility index (Phi) is 4.24. The van der Waals surface area contributed by atoms with Crippen LogP contribution in [0.4, 0.5) is 0 Å². The fraction of sp³-hybridized carbons (Fsp3) is 0.429. The molecule has 3 aromatic rings. The van der Waals surface area contributed by atoms with Gasteiger partial charge in [0.2, 0.25) is 0 Å². The highest BCUT2D eigenvalue weighted by molar-refractivity contribution is 5.99. The monoisotopic (exact) mass is 392 g/mol. The lowest BCUT2D eigenvalue weighted by Gasteiger charge is -2.43. The molecule has 2 aliphatic rings. The molecule has 2 aliphatic heterocycles. The highest BCUT2D eigenvalue weighted by Crippen LogP contribution is 2.35. The van der Waals surface area contributed by atoms with Crippen LogP contribution in [0.1, 0.15) is 34.0 Å². The van der Waals surface area contributed by atoms with E-state index in [0.29, 0.717) is 37.4 Å². The van der Waals surface area contributed by atoms with Gasteiger partial charge < -0.3 is 14.4 Å². The molecule has 0 radical (unpaired) electrons. The first-order valence-corrected chi connectivity index (χ1v) is 9.96. The highest BCUT2D eigenvalue weighted by atomic mass is 16.2. The lowest BCUT2D eigenvalue weighted by Crippen LogP contribution is -2.49. The van der Waals surface area contributed by atoms with E-state index in [-0.39, 0.29) is 23.3 Å². The maximum atomic E-state index is 13.3. The molecule has 0 aliphatic carbocycles. The minimum absolute atomic E-state index is 0.0154. The Hall–Kier alpha value is -3.00. The van der Waals surface area contributed by atoms with Gasteiger partial charge in [-0.2, -0.15) is 0 Å². The molecule has 5 rings (SSSR count). The van der Waals surface area contributed by atoms with E-state index in [4.69, 9.17) is 0 Å². The second-order valence-electron chi connectivity index (χ2n) is 8.43. The maximum Gasteiger partial charge on any atom is 0.257 e. The average molecular weight is 392 g/mol. The molecule has 8 heteroatoms. The molecule has 2 atom stereocenters. The highest BCUT2D eigenvalue weighted by Gasteiger charge is 2.37. The Bertz CT molecular complexity index is 1150. The second kappa shape index (κ2) is 6.81. The lowest BCUT2D eigenvalue weighted by molar-refractivity contribution is 0.0595. The van der Waals surface area contributed by atoms with Crippen molar-refractivity contribution in [3.8, 4) is 0 Å². The molecule has 2 bridgehead atoms. The minimum Gasteiger partial charge on any atom is -0.338 e. The summed E-state index contributed by atoms with van der Waals surface area (Å²) in [7, 11) is 3.94. The zero-order valence-corrected chi connectivity index (χ0v) is 16.7. The number of nitrogens with zero attached hydrogens (tertiary/aromatic N) is 6. The number of rotatable bonds is 3. The summed E-state index contributed by atoms with van der Waals surface area (Å²) in [5.41, 5.74) is 3.14. The smallest absolute Gasteiger partial charge is 0.257 e. The number of fused-ring (bicyclic) bond motifs is 5. The van der Waals surface area contributed by atoms with Gasteiger partial charge in [-0.1, -0.05) is 6.07 Å². The summed E-state index contributed by atoms with van der Waals surface area (Å²) in [4.78, 5) is 30.2. The number of likely N-dealkylation sites (tertiary alicyclic amines) is 1. The van der Waals surface area contributed by atoms with E-state index in [0.717, 1.165) is 17.7 Å². The summed E-state index contributed by atoms with van der Waals surface area (Å²) in [6.07, 6.45) is 4.46. The molecule has 0 N–H and O–H groups in total. The van der Waals surface area contributed by atoms with Crippen LogP contribution in [0.15, 0.2) is 41.6 Å². The van der Waals surface area contributed by atoms with Crippen molar-refractivity contribution in [3.63, 3.8) is 0 Å². The van der Waals surface area contributed by atoms with Crippen molar-refractivity contribution in [3.05, 3.63) is 64.0 Å². The number of amides is 1. The third-order valence-corrected chi connectivity index (χ3v) is 6.01. The number of aromatic nitrogens is 4. The van der Waals surface area contributed by atoms with Gasteiger partial charge in [0.05, 0.1) is 5.56 Å². The summed E-state index contributed by atoms with van der Waals surface area (Å²) >= 11 is 0. The van der Waals surface area contributed by atoms with Crippen molar-refractivity contribution in [1.82, 2.24) is 29.0 Å². The Morgan fingerprint density at radius 2 is 2.07 bits per heavy atom. The molecule has 0 saturated carbocycles. The Morgan fingerprint density at radius 1 is 1.21 bits per heavy atom. The van der Waals surface area contributed by atoms with Crippen molar-refractivity contribution in [2.45, 2.75) is 25.4 Å². The molecule has 0 unspecified atom stereocenters. The molecule has 3 aromatic heterocycles. The van der Waals surface area contributed by atoms with Gasteiger partial charge >= 0.3 is 0 Å². The molecule has 1 amide bonds. The summed E-state index contributed by atoms with van der Waals surface area (Å²) in [6, 6.07) is 7.68. The zero-order chi connectivity index (χ0) is 20.1. The van der Waals surface area contributed by atoms with Gasteiger partial charge in [-0.15, -0.1) is 10.2 Å². The number of hydrogen-bond donors (Lipinski definition) is 0. The topological polar surface area (TPSA) is 75.7 Å². The summed E-state index contributed by atoms with van der Waals surface area (Å²) < 4.78 is 3.71. The SMILES string of the molecule is CN(C)Cc1ccc2n(c1=O)C[C@H]1C[C@@H]2CN(C(=O)c2cccn3cnnc23)C1. The molecular formula is C21H24N6O2. The van der Waals surface area contributed by atoms with Crippen LogP contribution in [0.2, 0.25) is 0 Å². The van der Waals surface area contributed by atoms with Crippen LogP contribution in [0.3, 0.4) is 0 Å². The maximum absolute atomic E-state index is 13.3. The number of pyridine rings is 2. The Morgan fingerprint density at radius 3 is 2.90 bits per heavy atom. The lowest BCUT2D eigenvalue weighted by atomic mass is 9.82. The van der Waals surface area contributed by atoms with Gasteiger partial charge in [-0.25, -0.2) is 0 Å². The van der Waals surface area contributed by atoms with Crippen LogP contribution < -0.4 is 5.56 Å². The number of carbonyl (C=O) groups excluding carboxylic acids is 1. The predicted molar refractivity (Wildman–Crippen MR) is 108 cm³/mol. The predicted octanol–water partition coefficient (Wildman–Crippen LogP) is 1.21. The van der Waals surface area contributed by atoms with Gasteiger partial charge in [-0.3, -0.25) is 14.0 Å². The standard InChI is InChI=1S/C21H24N6O2/c1-24(2)11-15-5-6-18-16-8-14(10-27(18)20(15)28)9-26(12-16)21(29)17-4-3-7-25-13-22-23-19(17)25/h3-7,13-14,16H,8-12H2,1-2H3/t14-,16+/m0/s1. The van der Waals surface area contributed by atoms with Gasteiger partial charge in [0, 0.05) is 49.6 Å². The van der Waals surface area contributed by atoms with Crippen molar-refractivity contribution in [2.24, 2.45) is 5.92 Å². The van der Waals surface area contributed by atoms with Crippen LogP contribution in [-0.2, 0) is 13.1 Å². The molecule has 0 spiro atoms. The van der Waals surface area contributed by atoms with Crippen LogP contribution >= 0.6 is 0 Å². The third-order valence-electron chi connectivity index (χ3n) is 6.01. The van der Waals surface area contributed by atoms with Crippen LogP contribution in [0.25, 0.3) is 5.65 Å². The number of piperidine rings is 1. The molecule has 5 heterocycles. The number of hydrogen-bond acceptors (Lipinski definition) is 5. The van der Waals surface area contributed by atoms with Gasteiger partial charge in [-0.05, 0) is 44.6 Å². The molecular weight excluding hydrogens is 368 g/mol. The van der Waals surface area contributed by atoms with Crippen molar-refractivity contribution >= 4 is 11.6 Å². The van der Waals surface area contributed by atoms with Crippen molar-refractivity contribution < 1.29 is 4.79 Å². The first-order chi connectivity index (χ1) is 14.0. The minimum atomic E-state index is -0.0154. The number of carbonyl (C=O) groups is 1. The quantitative estimate of drug-likeness (QED) is 0.670. The Balaban J connectivity index is 1.45. The second-order valence-corrected chi connectivity index (χ2v) is 8.43. The van der Waals surface area contributed by atoms with E-state index in [9.17, 15) is 9.59 Å². The molecule has 1 saturated heterocycles. The normalized spacial score (nSPS) is 20.9. The van der Waals surface area contributed by atoms with Gasteiger partial charge in [0.15, 0.2) is 5.65 Å². The van der Waals surface area contributed by atoms with Gasteiger partial charge in [0.25, 0.3) is 11.5 Å². The summed E-state index contributed by atoms with van der Waals surface area (Å²) in [5.74, 6) is 0.457. The van der Waals surface area contributed by atoms with E-state index in [1.807, 2.05) is 52.9 Å². The molecule has 0 aromatic carbocycles. The van der Waals surface area contributed by atoms with E-state index in [2.05, 4.69) is 16.3 Å². The molecule has 1 fully saturated rings. The fourth-order valence-corrected chi connectivity index (χ4v) is 4.81. The van der Waals surface area contributed by atoms with E-state index in [1.165, 1.54) is 0 Å². The van der Waals surface area contributed by atoms with E-state index in [1.54, 1.807) is 10.7 Å². The average Bonchev–Trinajstić information content (AvgIpc) is 3.18. The van der Waals surface area contributed by atoms with Crippen LogP contribution in [-0.4, -0.2) is 62.1 Å². The third kappa shape index (κ3) is 3.04. The van der Waals surface area contributed by atoms with E-state index >= 15 is 0 Å². The largest absolute Gasteiger partial charge is 0.338 e. The van der Waals surface area contributed by atoms with E-state index < -0.39 is 0 Å². The summed E-state index contributed by atoms with van der Waals surface area (Å²) in [5, 5.41) is 8.02. The van der Waals surface area contributed by atoms with Crippen LogP contribution in [0.5, 0.6) is 0 Å². The molecule has 8 nitrogen and oxygen atoms in total. The van der Waals surface area contributed by atoms with Crippen molar-refractivity contribution in [2.75, 3.05) is 27.2 Å². The Labute approximate surface area is 168 Å². The molecule has 29 heavy (non-hydrogen) atoms. The van der Waals surface area contributed by atoms with Gasteiger partial charge in [0.1, 0.15) is 6.33 Å².